The van der Waals surface area contributed by atoms with E-state index >= 15 is 0 Å². The molecule has 0 aromatic rings. The van der Waals surface area contributed by atoms with Crippen molar-refractivity contribution < 1.29 is 9.53 Å². The number of aldehydes is 1. The number of epoxide rings is 1. The van der Waals surface area contributed by atoms with Crippen LogP contribution in [0.4, 0.5) is 0 Å². The first kappa shape index (κ1) is 4.47. The molecule has 0 aromatic heterocycles. The zero-order valence-electron chi connectivity index (χ0n) is 4.33. The summed E-state index contributed by atoms with van der Waals surface area (Å²) in [6.45, 7) is 0.855. The molecule has 2 aliphatic heterocycles. The van der Waals surface area contributed by atoms with E-state index in [1.807, 2.05) is 0 Å². The van der Waals surface area contributed by atoms with Crippen LogP contribution in [0.25, 0.3) is 0 Å². The van der Waals surface area contributed by atoms with Crippen molar-refractivity contribution in [3.63, 3.8) is 0 Å². The van der Waals surface area contributed by atoms with Crippen LogP contribution in [-0.2, 0) is 9.53 Å². The molecular formula is C5H7NO2. The Hall–Kier alpha value is -0.410. The number of hydrogen-bond donors (Lipinski definition) is 1. The third-order valence-electron chi connectivity index (χ3n) is 1.68. The summed E-state index contributed by atoms with van der Waals surface area (Å²) in [7, 11) is 0. The third kappa shape index (κ3) is 0.428. The highest BCUT2D eigenvalue weighted by Gasteiger charge is 2.50. The molecule has 0 bridgehead atoms. The molecule has 0 spiro atoms. The largest absolute Gasteiger partial charge is 0.366 e. The minimum atomic E-state index is -0.0139. The van der Waals surface area contributed by atoms with Gasteiger partial charge in [0.2, 0.25) is 0 Å². The van der Waals surface area contributed by atoms with Gasteiger partial charge >= 0.3 is 0 Å². The van der Waals surface area contributed by atoms with Gasteiger partial charge in [0.25, 0.3) is 0 Å². The molecule has 1 N–H and O–H groups in total. The molecule has 3 unspecified atom stereocenters. The molecule has 44 valence electrons. The highest BCUT2D eigenvalue weighted by atomic mass is 16.6. The van der Waals surface area contributed by atoms with E-state index in [-0.39, 0.29) is 12.1 Å². The Bertz CT molecular complexity index is 126. The summed E-state index contributed by atoms with van der Waals surface area (Å²) in [5, 5.41) is 3.01. The van der Waals surface area contributed by atoms with Crippen LogP contribution < -0.4 is 5.32 Å². The summed E-state index contributed by atoms with van der Waals surface area (Å²) in [6, 6.07) is -0.0139. The third-order valence-corrected chi connectivity index (χ3v) is 1.68. The maximum atomic E-state index is 10.1. The van der Waals surface area contributed by atoms with Gasteiger partial charge in [0.1, 0.15) is 12.4 Å². The average molecular weight is 113 g/mol. The SMILES string of the molecule is O=CC1NCC2OC12. The second-order valence-electron chi connectivity index (χ2n) is 2.21. The van der Waals surface area contributed by atoms with Gasteiger partial charge < -0.3 is 14.8 Å². The van der Waals surface area contributed by atoms with Crippen molar-refractivity contribution in [1.29, 1.82) is 0 Å². The van der Waals surface area contributed by atoms with E-state index in [1.165, 1.54) is 0 Å². The Morgan fingerprint density at radius 1 is 1.75 bits per heavy atom. The van der Waals surface area contributed by atoms with Gasteiger partial charge in [0, 0.05) is 6.54 Å². The quantitative estimate of drug-likeness (QED) is 0.347. The van der Waals surface area contributed by atoms with Crippen LogP contribution in [0.3, 0.4) is 0 Å². The molecule has 0 aliphatic carbocycles. The van der Waals surface area contributed by atoms with Crippen molar-refractivity contribution >= 4 is 6.29 Å². The Morgan fingerprint density at radius 2 is 2.62 bits per heavy atom. The van der Waals surface area contributed by atoms with Gasteiger partial charge in [-0.15, -0.1) is 0 Å². The number of morpholine rings is 1. The molecule has 2 aliphatic rings. The van der Waals surface area contributed by atoms with Crippen LogP contribution in [0.2, 0.25) is 0 Å². The minimum Gasteiger partial charge on any atom is -0.366 e. The van der Waals surface area contributed by atoms with E-state index in [0.717, 1.165) is 12.8 Å². The van der Waals surface area contributed by atoms with Crippen LogP contribution in [-0.4, -0.2) is 31.1 Å². The van der Waals surface area contributed by atoms with Crippen LogP contribution in [0.5, 0.6) is 0 Å². The normalized spacial score (nSPS) is 50.8. The van der Waals surface area contributed by atoms with E-state index in [0.29, 0.717) is 6.10 Å². The van der Waals surface area contributed by atoms with Crippen molar-refractivity contribution in [2.45, 2.75) is 18.2 Å². The molecule has 2 heterocycles. The summed E-state index contributed by atoms with van der Waals surface area (Å²) in [4.78, 5) is 10.1. The van der Waals surface area contributed by atoms with Gasteiger partial charge in [-0.05, 0) is 0 Å². The average Bonchev–Trinajstić information content (AvgIpc) is 2.46. The highest BCUT2D eigenvalue weighted by Crippen LogP contribution is 2.28. The molecule has 3 atom stereocenters. The van der Waals surface area contributed by atoms with E-state index < -0.39 is 0 Å². The number of carbonyl (C=O) groups is 1. The molecule has 0 amide bonds. The molecule has 2 fully saturated rings. The first-order valence-electron chi connectivity index (χ1n) is 2.76. The number of ether oxygens (including phenoxy) is 1. The summed E-state index contributed by atoms with van der Waals surface area (Å²) in [6.07, 6.45) is 1.48. The first-order chi connectivity index (χ1) is 3.92. The maximum Gasteiger partial charge on any atom is 0.139 e. The van der Waals surface area contributed by atoms with Gasteiger partial charge in [-0.3, -0.25) is 0 Å². The van der Waals surface area contributed by atoms with Crippen molar-refractivity contribution in [1.82, 2.24) is 5.32 Å². The maximum absolute atomic E-state index is 10.1. The lowest BCUT2D eigenvalue weighted by atomic mass is 10.2. The summed E-state index contributed by atoms with van der Waals surface area (Å²) in [5.74, 6) is 0. The summed E-state index contributed by atoms with van der Waals surface area (Å²) >= 11 is 0. The van der Waals surface area contributed by atoms with Gasteiger partial charge in [0.15, 0.2) is 0 Å². The number of fused-ring (bicyclic) bond motifs is 1. The fraction of sp³-hybridized carbons (Fsp3) is 0.800. The lowest BCUT2D eigenvalue weighted by molar-refractivity contribution is -0.109. The Kier molecular flexibility index (Phi) is 0.725. The van der Waals surface area contributed by atoms with Crippen molar-refractivity contribution in [3.05, 3.63) is 0 Å². The molecule has 0 saturated carbocycles. The molecule has 2 rings (SSSR count). The van der Waals surface area contributed by atoms with Crippen LogP contribution in [0, 0.1) is 0 Å². The standard InChI is InChI=1S/C5H7NO2/c7-2-3-5-4(8-5)1-6-3/h2-6H,1H2. The van der Waals surface area contributed by atoms with E-state index in [2.05, 4.69) is 5.32 Å². The predicted molar refractivity (Wildman–Crippen MR) is 26.5 cm³/mol. The summed E-state index contributed by atoms with van der Waals surface area (Å²) < 4.78 is 5.06. The zero-order valence-corrected chi connectivity index (χ0v) is 4.33. The zero-order chi connectivity index (χ0) is 5.56. The Labute approximate surface area is 47.0 Å². The Morgan fingerprint density at radius 3 is 2.88 bits per heavy atom. The minimum absolute atomic E-state index is 0.0139. The second kappa shape index (κ2) is 1.30. The van der Waals surface area contributed by atoms with Crippen LogP contribution >= 0.6 is 0 Å². The van der Waals surface area contributed by atoms with E-state index in [9.17, 15) is 4.79 Å². The second-order valence-corrected chi connectivity index (χ2v) is 2.21. The monoisotopic (exact) mass is 113 g/mol. The lowest BCUT2D eigenvalue weighted by Crippen LogP contribution is -2.29. The number of nitrogens with one attached hydrogen (secondary N) is 1. The van der Waals surface area contributed by atoms with Crippen molar-refractivity contribution in [3.8, 4) is 0 Å². The predicted octanol–water partition coefficient (Wildman–Crippen LogP) is -1.08. The van der Waals surface area contributed by atoms with Gasteiger partial charge in [-0.25, -0.2) is 0 Å². The molecule has 0 aromatic carbocycles. The fourth-order valence-electron chi connectivity index (χ4n) is 1.13. The van der Waals surface area contributed by atoms with Gasteiger partial charge in [0.05, 0.1) is 12.1 Å². The van der Waals surface area contributed by atoms with Crippen LogP contribution in [0.1, 0.15) is 0 Å². The lowest BCUT2D eigenvalue weighted by Gasteiger charge is -1.99. The van der Waals surface area contributed by atoms with Gasteiger partial charge in [-0.2, -0.15) is 0 Å². The first-order valence-corrected chi connectivity index (χ1v) is 2.76. The molecule has 3 nitrogen and oxygen atoms in total. The van der Waals surface area contributed by atoms with Crippen molar-refractivity contribution in [2.24, 2.45) is 0 Å². The summed E-state index contributed by atoms with van der Waals surface area (Å²) in [5.41, 5.74) is 0. The number of rotatable bonds is 1. The van der Waals surface area contributed by atoms with Gasteiger partial charge in [-0.1, -0.05) is 0 Å². The molecule has 0 radical (unpaired) electrons. The smallest absolute Gasteiger partial charge is 0.139 e. The fourth-order valence-corrected chi connectivity index (χ4v) is 1.13. The van der Waals surface area contributed by atoms with Crippen molar-refractivity contribution in [2.75, 3.05) is 6.54 Å². The number of hydrogen-bond acceptors (Lipinski definition) is 3. The molecular weight excluding hydrogens is 106 g/mol. The molecule has 3 heteroatoms. The topological polar surface area (TPSA) is 41.6 Å². The Balaban J connectivity index is 2.06. The molecule has 2 saturated heterocycles. The molecule has 8 heavy (non-hydrogen) atoms. The van der Waals surface area contributed by atoms with E-state index in [4.69, 9.17) is 4.74 Å². The van der Waals surface area contributed by atoms with Crippen LogP contribution in [0.15, 0.2) is 0 Å². The number of carbonyl (C=O) groups excluding carboxylic acids is 1. The van der Waals surface area contributed by atoms with E-state index in [1.54, 1.807) is 0 Å². The highest BCUT2D eigenvalue weighted by molar-refractivity contribution is 5.60.